The summed E-state index contributed by atoms with van der Waals surface area (Å²) in [5, 5.41) is -0.464. The van der Waals surface area contributed by atoms with Crippen molar-refractivity contribution in [2.75, 3.05) is 26.3 Å². The molecule has 1 aromatic rings. The van der Waals surface area contributed by atoms with E-state index in [0.717, 1.165) is 51.3 Å². The monoisotopic (exact) mass is 522 g/mol. The maximum Gasteiger partial charge on any atom is 0.217 e. The molecule has 4 atom stereocenters. The van der Waals surface area contributed by atoms with Crippen molar-refractivity contribution in [2.45, 2.75) is 95.7 Å². The molecule has 0 aromatic heterocycles. The van der Waals surface area contributed by atoms with Crippen molar-refractivity contribution in [3.63, 3.8) is 0 Å². The van der Waals surface area contributed by atoms with Gasteiger partial charge in [-0.3, -0.25) is 4.90 Å². The highest BCUT2D eigenvalue weighted by molar-refractivity contribution is 8.00. The van der Waals surface area contributed by atoms with Gasteiger partial charge in [0.1, 0.15) is 0 Å². The molecule has 2 bridgehead atoms. The fourth-order valence-electron chi connectivity index (χ4n) is 8.08. The maximum absolute atomic E-state index is 14.5. The molecule has 7 heteroatoms. The zero-order valence-corrected chi connectivity index (χ0v) is 24.4. The first kappa shape index (κ1) is 27.4. The van der Waals surface area contributed by atoms with Gasteiger partial charge in [0.2, 0.25) is 10.0 Å². The van der Waals surface area contributed by atoms with Gasteiger partial charge in [0.05, 0.1) is 23.3 Å². The molecule has 3 fully saturated rings. The van der Waals surface area contributed by atoms with Crippen LogP contribution < -0.4 is 0 Å². The highest BCUT2D eigenvalue weighted by Crippen LogP contribution is 2.76. The highest BCUT2D eigenvalue weighted by Gasteiger charge is 2.76. The third-order valence-corrected chi connectivity index (χ3v) is 14.0. The smallest absolute Gasteiger partial charge is 0.217 e. The fraction of sp³-hybridized carbons (Fsp3) is 0.786. The summed E-state index contributed by atoms with van der Waals surface area (Å²) in [4.78, 5) is 2.40. The fourth-order valence-corrected chi connectivity index (χ4v) is 12.9. The minimum absolute atomic E-state index is 0.0599. The number of sulfonamides is 1. The predicted octanol–water partition coefficient (Wildman–Crippen LogP) is 5.61. The number of ether oxygens (including phenoxy) is 1. The maximum atomic E-state index is 14.5. The second kappa shape index (κ2) is 9.94. The summed E-state index contributed by atoms with van der Waals surface area (Å²) in [6, 6.07) is 10.6. The van der Waals surface area contributed by atoms with Gasteiger partial charge in [-0.15, -0.1) is 11.8 Å². The van der Waals surface area contributed by atoms with Gasteiger partial charge in [-0.2, -0.15) is 4.31 Å². The Morgan fingerprint density at radius 1 is 1.06 bits per heavy atom. The van der Waals surface area contributed by atoms with Crippen LogP contribution in [0.1, 0.15) is 73.3 Å². The Morgan fingerprint density at radius 2 is 1.66 bits per heavy atom. The molecule has 4 rings (SSSR count). The summed E-state index contributed by atoms with van der Waals surface area (Å²) in [6.07, 6.45) is 3.14. The molecule has 2 saturated carbocycles. The summed E-state index contributed by atoms with van der Waals surface area (Å²) >= 11 is 2.02. The van der Waals surface area contributed by atoms with Crippen molar-refractivity contribution in [2.24, 2.45) is 16.7 Å². The number of benzene rings is 1. The molecule has 1 saturated heterocycles. The van der Waals surface area contributed by atoms with Gasteiger partial charge in [-0.25, -0.2) is 8.42 Å². The molecule has 0 spiro atoms. The van der Waals surface area contributed by atoms with E-state index >= 15 is 0 Å². The first-order valence-electron chi connectivity index (χ1n) is 13.4. The Hall–Kier alpha value is -0.600. The van der Waals surface area contributed by atoms with Crippen molar-refractivity contribution in [3.05, 3.63) is 35.9 Å². The van der Waals surface area contributed by atoms with E-state index in [1.807, 2.05) is 46.4 Å². The summed E-state index contributed by atoms with van der Waals surface area (Å²) in [6.45, 7) is 18.0. The van der Waals surface area contributed by atoms with Crippen LogP contribution in [0.3, 0.4) is 0 Å². The number of morpholine rings is 1. The van der Waals surface area contributed by atoms with Crippen LogP contribution in [0.25, 0.3) is 0 Å². The minimum atomic E-state index is -3.53. The summed E-state index contributed by atoms with van der Waals surface area (Å²) < 4.78 is 36.5. The third-order valence-electron chi connectivity index (χ3n) is 9.57. The van der Waals surface area contributed by atoms with Gasteiger partial charge < -0.3 is 4.74 Å². The van der Waals surface area contributed by atoms with Crippen LogP contribution in [0.15, 0.2) is 30.3 Å². The molecular formula is C28H46N2O3S2. The Labute approximate surface area is 218 Å². The third kappa shape index (κ3) is 4.21. The average molecular weight is 523 g/mol. The zero-order valence-electron chi connectivity index (χ0n) is 22.8. The molecule has 0 radical (unpaired) electrons. The lowest BCUT2D eigenvalue weighted by Gasteiger charge is -2.59. The second-order valence-corrected chi connectivity index (χ2v) is 15.4. The topological polar surface area (TPSA) is 49.9 Å². The lowest BCUT2D eigenvalue weighted by Crippen LogP contribution is -2.66. The van der Waals surface area contributed by atoms with Gasteiger partial charge in [0, 0.05) is 36.3 Å². The first-order chi connectivity index (χ1) is 16.4. The van der Waals surface area contributed by atoms with Gasteiger partial charge in [0.15, 0.2) is 0 Å². The largest absolute Gasteiger partial charge is 0.379 e. The summed E-state index contributed by atoms with van der Waals surface area (Å²) in [5.41, 5.74) is 0.894. The molecular weight excluding hydrogens is 476 g/mol. The van der Waals surface area contributed by atoms with Crippen molar-refractivity contribution >= 4 is 21.8 Å². The van der Waals surface area contributed by atoms with Crippen LogP contribution in [0.2, 0.25) is 0 Å². The van der Waals surface area contributed by atoms with Crippen LogP contribution in [-0.4, -0.2) is 66.1 Å². The van der Waals surface area contributed by atoms with Gasteiger partial charge in [-0.05, 0) is 70.8 Å². The molecule has 0 N–H and O–H groups in total. The molecule has 1 heterocycles. The molecule has 0 amide bonds. The van der Waals surface area contributed by atoms with Crippen LogP contribution in [0.4, 0.5) is 0 Å². The molecule has 35 heavy (non-hydrogen) atoms. The van der Waals surface area contributed by atoms with Crippen LogP contribution in [0, 0.1) is 16.7 Å². The highest BCUT2D eigenvalue weighted by atomic mass is 32.2. The number of rotatable bonds is 9. The van der Waals surface area contributed by atoms with Crippen LogP contribution in [-0.2, 0) is 20.5 Å². The molecule has 3 unspecified atom stereocenters. The summed E-state index contributed by atoms with van der Waals surface area (Å²) in [7, 11) is -3.53. The normalized spacial score (nSPS) is 32.1. The molecule has 3 aliphatic rings. The van der Waals surface area contributed by atoms with E-state index in [-0.39, 0.29) is 27.8 Å². The van der Waals surface area contributed by atoms with E-state index in [4.69, 9.17) is 4.74 Å². The molecule has 1 aromatic carbocycles. The van der Waals surface area contributed by atoms with Crippen molar-refractivity contribution in [1.29, 1.82) is 0 Å². The van der Waals surface area contributed by atoms with Gasteiger partial charge >= 0.3 is 0 Å². The SMILES string of the molecule is CC(C)N(C(C)C)S(=O)(=O)C(C)C12CCC(C[C@]1(SCc1ccccc1)N1CCOCC1)C2(C)C. The van der Waals surface area contributed by atoms with Crippen molar-refractivity contribution < 1.29 is 13.2 Å². The Kier molecular flexibility index (Phi) is 7.79. The summed E-state index contributed by atoms with van der Waals surface area (Å²) in [5.74, 6) is 1.42. The van der Waals surface area contributed by atoms with E-state index in [2.05, 4.69) is 49.1 Å². The van der Waals surface area contributed by atoms with E-state index in [0.29, 0.717) is 5.92 Å². The lowest BCUT2D eigenvalue weighted by molar-refractivity contribution is -0.0513. The average Bonchev–Trinajstić information content (AvgIpc) is 3.18. The van der Waals surface area contributed by atoms with E-state index in [1.54, 1.807) is 4.31 Å². The van der Waals surface area contributed by atoms with Crippen molar-refractivity contribution in [3.8, 4) is 0 Å². The number of thioether (sulfide) groups is 1. The van der Waals surface area contributed by atoms with E-state index < -0.39 is 15.3 Å². The minimum Gasteiger partial charge on any atom is -0.379 e. The van der Waals surface area contributed by atoms with Crippen LogP contribution >= 0.6 is 11.8 Å². The number of fused-ring (bicyclic) bond motifs is 2. The van der Waals surface area contributed by atoms with E-state index in [9.17, 15) is 8.42 Å². The Morgan fingerprint density at radius 3 is 2.20 bits per heavy atom. The Bertz CT molecular complexity index is 967. The van der Waals surface area contributed by atoms with Crippen molar-refractivity contribution in [1.82, 2.24) is 9.21 Å². The molecule has 5 nitrogen and oxygen atoms in total. The number of hydrogen-bond acceptors (Lipinski definition) is 5. The van der Waals surface area contributed by atoms with Gasteiger partial charge in [-0.1, -0.05) is 44.2 Å². The number of hydrogen-bond donors (Lipinski definition) is 0. The lowest BCUT2D eigenvalue weighted by atomic mass is 9.64. The predicted molar refractivity (Wildman–Crippen MR) is 147 cm³/mol. The first-order valence-corrected chi connectivity index (χ1v) is 15.9. The molecule has 198 valence electrons. The van der Waals surface area contributed by atoms with E-state index in [1.165, 1.54) is 5.56 Å². The quantitative estimate of drug-likeness (QED) is 0.422. The molecule has 2 aliphatic carbocycles. The second-order valence-electron chi connectivity index (χ2n) is 12.0. The standard InChI is InChI=1S/C28H46N2O3S2/c1-21(2)30(22(3)4)35(31,32)23(5)27-14-13-25(26(27,6)7)19-28(27,29-15-17-33-18-16-29)34-20-24-11-9-8-10-12-24/h8-12,21-23,25H,13-20H2,1-7H3/t23?,25?,27?,28-/m1/s1. The zero-order chi connectivity index (χ0) is 25.6. The molecule has 1 aliphatic heterocycles. The Balaban J connectivity index is 1.85. The van der Waals surface area contributed by atoms with Gasteiger partial charge in [0.25, 0.3) is 0 Å². The van der Waals surface area contributed by atoms with Crippen LogP contribution in [0.5, 0.6) is 0 Å². The number of nitrogens with zero attached hydrogens (tertiary/aromatic N) is 2.